The third-order valence-electron chi connectivity index (χ3n) is 14.5. The van der Waals surface area contributed by atoms with Crippen LogP contribution in [0.4, 0.5) is 17.1 Å². The predicted molar refractivity (Wildman–Crippen MR) is 238 cm³/mol. The minimum absolute atomic E-state index is 0.0555. The van der Waals surface area contributed by atoms with E-state index in [1.54, 1.807) is 11.1 Å². The van der Waals surface area contributed by atoms with Crippen LogP contribution in [0.15, 0.2) is 188 Å². The van der Waals surface area contributed by atoms with Gasteiger partial charge in [-0.2, -0.15) is 0 Å². The number of hydrogen-bond donors (Lipinski definition) is 0. The molecule has 0 amide bonds. The number of benzene rings is 8. The van der Waals surface area contributed by atoms with Gasteiger partial charge >= 0.3 is 0 Å². The van der Waals surface area contributed by atoms with Gasteiger partial charge in [-0.15, -0.1) is 0 Å². The van der Waals surface area contributed by atoms with Crippen LogP contribution in [0.2, 0.25) is 0 Å². The van der Waals surface area contributed by atoms with Gasteiger partial charge in [-0.1, -0.05) is 152 Å². The van der Waals surface area contributed by atoms with Gasteiger partial charge in [0, 0.05) is 22.4 Å². The second kappa shape index (κ2) is 12.9. The predicted octanol–water partition coefficient (Wildman–Crippen LogP) is 15.0. The highest BCUT2D eigenvalue weighted by molar-refractivity contribution is 5.99. The maximum Gasteiger partial charge on any atom is 0.0543 e. The van der Waals surface area contributed by atoms with E-state index in [-0.39, 0.29) is 5.41 Å². The Bertz CT molecular complexity index is 2750. The summed E-state index contributed by atoms with van der Waals surface area (Å²) in [5.41, 5.74) is 17.3. The summed E-state index contributed by atoms with van der Waals surface area (Å²) < 4.78 is 0. The second-order valence-electron chi connectivity index (χ2n) is 17.3. The van der Waals surface area contributed by atoms with Crippen molar-refractivity contribution in [2.24, 2.45) is 23.7 Å². The van der Waals surface area contributed by atoms with Crippen molar-refractivity contribution in [2.75, 3.05) is 4.90 Å². The van der Waals surface area contributed by atoms with E-state index in [1.165, 1.54) is 104 Å². The zero-order valence-corrected chi connectivity index (χ0v) is 32.2. The second-order valence-corrected chi connectivity index (χ2v) is 17.3. The highest BCUT2D eigenvalue weighted by Gasteiger charge is 2.62. The van der Waals surface area contributed by atoms with Crippen LogP contribution in [0, 0.1) is 23.7 Å². The molecule has 0 aliphatic heterocycles. The molecule has 5 aliphatic rings. The maximum absolute atomic E-state index is 2.62. The molecule has 1 spiro atoms. The molecule has 13 rings (SSSR count). The van der Waals surface area contributed by atoms with Crippen molar-refractivity contribution in [2.45, 2.75) is 37.5 Å². The molecule has 0 atom stereocenters. The first-order valence-electron chi connectivity index (χ1n) is 21.1. The molecule has 0 aromatic heterocycles. The van der Waals surface area contributed by atoms with Crippen molar-refractivity contribution in [3.63, 3.8) is 0 Å². The van der Waals surface area contributed by atoms with E-state index >= 15 is 0 Å². The number of anilines is 3. The molecule has 1 nitrogen and oxygen atoms in total. The Balaban J connectivity index is 1.06. The summed E-state index contributed by atoms with van der Waals surface area (Å²) in [4.78, 5) is 2.55. The van der Waals surface area contributed by atoms with E-state index in [0.717, 1.165) is 11.8 Å². The summed E-state index contributed by atoms with van der Waals surface area (Å²) in [6, 6.07) is 70.6. The van der Waals surface area contributed by atoms with Gasteiger partial charge in [0.15, 0.2) is 0 Å². The first-order chi connectivity index (χ1) is 28.2. The summed E-state index contributed by atoms with van der Waals surface area (Å²) in [5.74, 6) is 3.17. The Morgan fingerprint density at radius 3 is 1.61 bits per heavy atom. The lowest BCUT2D eigenvalue weighted by Crippen LogP contribution is -2.55. The fourth-order valence-corrected chi connectivity index (χ4v) is 12.3. The first-order valence-corrected chi connectivity index (χ1v) is 21.1. The van der Waals surface area contributed by atoms with Gasteiger partial charge in [0.1, 0.15) is 0 Å². The van der Waals surface area contributed by atoms with Crippen LogP contribution in [0.3, 0.4) is 0 Å². The molecular weight excluding hydrogens is 687 g/mol. The SMILES string of the molecule is c1ccc(-c2ccc(N(c3ccc(-c4cccc5ccccc45)cc3)c3cccc4c3-c3ccc(-c5ccccc5)cc3C43C4CC5CC(C4)CC3C5)cc2)cc1. The zero-order chi connectivity index (χ0) is 37.5. The monoisotopic (exact) mass is 731 g/mol. The van der Waals surface area contributed by atoms with Crippen molar-refractivity contribution in [3.05, 3.63) is 199 Å². The average Bonchev–Trinajstić information content (AvgIpc) is 3.57. The number of rotatable bonds is 6. The molecule has 0 unspecified atom stereocenters. The normalized spacial score (nSPS) is 22.5. The Morgan fingerprint density at radius 1 is 0.386 bits per heavy atom. The summed E-state index contributed by atoms with van der Waals surface area (Å²) in [7, 11) is 0. The number of nitrogens with zero attached hydrogens (tertiary/aromatic N) is 1. The van der Waals surface area contributed by atoms with Crippen LogP contribution in [0.1, 0.15) is 43.2 Å². The van der Waals surface area contributed by atoms with Crippen molar-refractivity contribution in [3.8, 4) is 44.5 Å². The first kappa shape index (κ1) is 33.0. The van der Waals surface area contributed by atoms with Gasteiger partial charge in [0.2, 0.25) is 0 Å². The highest BCUT2D eigenvalue weighted by atomic mass is 15.1. The Labute approximate surface area is 336 Å². The molecule has 0 heterocycles. The van der Waals surface area contributed by atoms with Gasteiger partial charge in [0.05, 0.1) is 5.69 Å². The molecule has 4 saturated carbocycles. The van der Waals surface area contributed by atoms with Crippen molar-refractivity contribution >= 4 is 27.8 Å². The van der Waals surface area contributed by atoms with E-state index < -0.39 is 0 Å². The molecule has 1 heteroatoms. The molecule has 4 fully saturated rings. The zero-order valence-electron chi connectivity index (χ0n) is 32.2. The molecule has 5 aliphatic carbocycles. The Morgan fingerprint density at radius 2 is 0.930 bits per heavy atom. The van der Waals surface area contributed by atoms with Crippen LogP contribution in [0.5, 0.6) is 0 Å². The summed E-state index contributed by atoms with van der Waals surface area (Å²) in [5, 5.41) is 2.56. The molecule has 57 heavy (non-hydrogen) atoms. The third-order valence-corrected chi connectivity index (χ3v) is 14.5. The van der Waals surface area contributed by atoms with E-state index in [9.17, 15) is 0 Å². The fraction of sp³-hybridized carbons (Fsp3) is 0.179. The minimum Gasteiger partial charge on any atom is -0.310 e. The van der Waals surface area contributed by atoms with E-state index in [0.29, 0.717) is 11.8 Å². The lowest BCUT2D eigenvalue weighted by atomic mass is 9.43. The molecular formula is C56H45N. The van der Waals surface area contributed by atoms with Gasteiger partial charge in [-0.25, -0.2) is 0 Å². The van der Waals surface area contributed by atoms with E-state index in [1.807, 2.05) is 0 Å². The topological polar surface area (TPSA) is 3.24 Å². The van der Waals surface area contributed by atoms with Crippen LogP contribution < -0.4 is 4.90 Å². The van der Waals surface area contributed by atoms with Crippen LogP contribution >= 0.6 is 0 Å². The van der Waals surface area contributed by atoms with Gasteiger partial charge < -0.3 is 4.90 Å². The standard InChI is InChI=1S/C56H45N/c1-3-11-39(12-4-1)41-21-26-47(27-22-41)57(48-28-23-43(24-29-48)50-18-9-16-42-15-7-8-17-49(42)50)54-20-10-19-52-55(54)51-30-25-44(40-13-5-2-6-14-40)36-53(51)56(52)45-32-37-31-38(34-45)35-46(56)33-37/h1-30,36-38,45-46H,31-35H2. The average molecular weight is 732 g/mol. The van der Waals surface area contributed by atoms with Gasteiger partial charge in [-0.3, -0.25) is 0 Å². The van der Waals surface area contributed by atoms with E-state index in [4.69, 9.17) is 0 Å². The molecule has 8 aromatic rings. The Hall–Kier alpha value is -6.18. The largest absolute Gasteiger partial charge is 0.310 e. The fourth-order valence-electron chi connectivity index (χ4n) is 12.3. The maximum atomic E-state index is 2.62. The van der Waals surface area contributed by atoms with Crippen LogP contribution in [-0.2, 0) is 5.41 Å². The Kier molecular flexibility index (Phi) is 7.49. The van der Waals surface area contributed by atoms with Crippen molar-refractivity contribution < 1.29 is 0 Å². The number of hydrogen-bond acceptors (Lipinski definition) is 1. The molecule has 8 aromatic carbocycles. The quantitative estimate of drug-likeness (QED) is 0.165. The van der Waals surface area contributed by atoms with Crippen LogP contribution in [-0.4, -0.2) is 0 Å². The molecule has 4 bridgehead atoms. The molecule has 0 saturated heterocycles. The molecule has 274 valence electrons. The lowest BCUT2D eigenvalue weighted by Gasteiger charge is -2.61. The minimum atomic E-state index is 0.0555. The molecule has 0 N–H and O–H groups in total. The summed E-state index contributed by atoms with van der Waals surface area (Å²) >= 11 is 0. The summed E-state index contributed by atoms with van der Waals surface area (Å²) in [6.45, 7) is 0. The smallest absolute Gasteiger partial charge is 0.0543 e. The van der Waals surface area contributed by atoms with Gasteiger partial charge in [0.25, 0.3) is 0 Å². The molecule has 0 radical (unpaired) electrons. The van der Waals surface area contributed by atoms with E-state index in [2.05, 4.69) is 193 Å². The number of fused-ring (bicyclic) bond motifs is 4. The lowest BCUT2D eigenvalue weighted by molar-refractivity contribution is -0.0399. The van der Waals surface area contributed by atoms with Gasteiger partial charge in [-0.05, 0) is 153 Å². The third kappa shape index (κ3) is 5.08. The van der Waals surface area contributed by atoms with Crippen LogP contribution in [0.25, 0.3) is 55.3 Å². The van der Waals surface area contributed by atoms with Crippen molar-refractivity contribution in [1.82, 2.24) is 0 Å². The highest BCUT2D eigenvalue weighted by Crippen LogP contribution is 2.70. The summed E-state index contributed by atoms with van der Waals surface area (Å²) in [6.07, 6.45) is 6.92. The van der Waals surface area contributed by atoms with Crippen molar-refractivity contribution in [1.29, 1.82) is 0 Å².